The molecule has 3 N–H and O–H groups in total. The first kappa shape index (κ1) is 22.7. The second-order valence-corrected chi connectivity index (χ2v) is 13.1. The lowest BCUT2D eigenvalue weighted by atomic mass is 9.54. The van der Waals surface area contributed by atoms with E-state index in [0.29, 0.717) is 6.17 Å². The topological polar surface area (TPSA) is 45.8 Å². The summed E-state index contributed by atoms with van der Waals surface area (Å²) in [4.78, 5) is 7.70. The van der Waals surface area contributed by atoms with Crippen LogP contribution in [0.2, 0.25) is 0 Å². The molecule has 0 unspecified atom stereocenters. The normalized spacial score (nSPS) is 37.9. The fourth-order valence-electron chi connectivity index (χ4n) is 10.3. The Hall–Kier alpha value is -3.06. The van der Waals surface area contributed by atoms with Crippen molar-refractivity contribution >= 4 is 17.1 Å². The minimum atomic E-state index is -0.0581. The van der Waals surface area contributed by atoms with Crippen molar-refractivity contribution in [1.29, 1.82) is 0 Å². The monoisotopic (exact) mass is 518 g/mol. The SMILES string of the molecule is CN1CC[C@@]2(c3cccc4c3N[C@H]3N(C)CC[C@@]43[C@]34CCN(C)[C@H]3Nc3ccccc34)c3ccccc3N[C@H]12. The number of anilines is 3. The summed E-state index contributed by atoms with van der Waals surface area (Å²) >= 11 is 0. The van der Waals surface area contributed by atoms with Crippen molar-refractivity contribution in [3.8, 4) is 0 Å². The van der Waals surface area contributed by atoms with Crippen molar-refractivity contribution in [2.75, 3.05) is 56.7 Å². The van der Waals surface area contributed by atoms with Crippen LogP contribution in [0.4, 0.5) is 17.1 Å². The van der Waals surface area contributed by atoms with E-state index in [9.17, 15) is 0 Å². The summed E-state index contributed by atoms with van der Waals surface area (Å²) in [5, 5.41) is 12.2. The summed E-state index contributed by atoms with van der Waals surface area (Å²) < 4.78 is 0. The highest BCUT2D eigenvalue weighted by Gasteiger charge is 2.71. The molecule has 0 spiro atoms. The lowest BCUT2D eigenvalue weighted by Gasteiger charge is -2.48. The highest BCUT2D eigenvalue weighted by molar-refractivity contribution is 5.78. The minimum Gasteiger partial charge on any atom is -0.369 e. The summed E-state index contributed by atoms with van der Waals surface area (Å²) in [5.74, 6) is 0. The molecule has 9 rings (SSSR count). The first-order chi connectivity index (χ1) is 19.0. The molecule has 6 aliphatic heterocycles. The molecule has 0 saturated carbocycles. The Labute approximate surface area is 231 Å². The number of nitrogens with one attached hydrogen (secondary N) is 3. The second kappa shape index (κ2) is 7.36. The fraction of sp³-hybridized carbons (Fsp3) is 0.455. The van der Waals surface area contributed by atoms with Gasteiger partial charge in [-0.15, -0.1) is 0 Å². The number of hydrogen-bond acceptors (Lipinski definition) is 6. The number of hydrogen-bond donors (Lipinski definition) is 3. The van der Waals surface area contributed by atoms with Crippen LogP contribution in [0.3, 0.4) is 0 Å². The molecule has 6 aliphatic rings. The number of nitrogens with zero attached hydrogens (tertiary/aromatic N) is 3. The molecule has 3 fully saturated rings. The van der Waals surface area contributed by atoms with Gasteiger partial charge >= 0.3 is 0 Å². The van der Waals surface area contributed by atoms with Crippen LogP contribution in [0.5, 0.6) is 0 Å². The fourth-order valence-corrected chi connectivity index (χ4v) is 10.3. The van der Waals surface area contributed by atoms with E-state index in [1.807, 2.05) is 0 Å². The van der Waals surface area contributed by atoms with Crippen LogP contribution in [0.25, 0.3) is 0 Å². The Morgan fingerprint density at radius 2 is 1.05 bits per heavy atom. The molecule has 3 aromatic carbocycles. The molecule has 0 bridgehead atoms. The summed E-state index contributed by atoms with van der Waals surface area (Å²) in [6.07, 6.45) is 4.32. The Morgan fingerprint density at radius 1 is 0.538 bits per heavy atom. The summed E-state index contributed by atoms with van der Waals surface area (Å²) in [6.45, 7) is 3.33. The zero-order valence-corrected chi connectivity index (χ0v) is 23.2. The van der Waals surface area contributed by atoms with E-state index in [1.165, 1.54) is 46.6 Å². The average molecular weight is 519 g/mol. The molecular weight excluding hydrogens is 480 g/mol. The van der Waals surface area contributed by atoms with E-state index < -0.39 is 0 Å². The molecular formula is C33H38N6. The second-order valence-electron chi connectivity index (χ2n) is 13.1. The minimum absolute atomic E-state index is 0.00961. The first-order valence-corrected chi connectivity index (χ1v) is 14.8. The van der Waals surface area contributed by atoms with Crippen molar-refractivity contribution in [1.82, 2.24) is 14.7 Å². The van der Waals surface area contributed by atoms with Gasteiger partial charge in [0, 0.05) is 47.5 Å². The Morgan fingerprint density at radius 3 is 1.82 bits per heavy atom. The van der Waals surface area contributed by atoms with Crippen molar-refractivity contribution in [2.24, 2.45) is 0 Å². The maximum absolute atomic E-state index is 4.25. The number of fused-ring (bicyclic) bond motifs is 10. The van der Waals surface area contributed by atoms with Gasteiger partial charge in [0.15, 0.2) is 0 Å². The number of likely N-dealkylation sites (N-methyl/N-ethyl adjacent to an activating group) is 3. The van der Waals surface area contributed by atoms with Crippen LogP contribution in [0, 0.1) is 0 Å². The maximum Gasteiger partial charge on any atom is 0.0933 e. The molecule has 0 radical (unpaired) electrons. The molecule has 3 aromatic rings. The van der Waals surface area contributed by atoms with Gasteiger partial charge in [0.1, 0.15) is 0 Å². The van der Waals surface area contributed by atoms with Gasteiger partial charge in [-0.05, 0) is 74.8 Å². The summed E-state index contributed by atoms with van der Waals surface area (Å²) in [7, 11) is 6.93. The summed E-state index contributed by atoms with van der Waals surface area (Å²) in [5.41, 5.74) is 9.96. The van der Waals surface area contributed by atoms with E-state index in [4.69, 9.17) is 0 Å². The van der Waals surface area contributed by atoms with E-state index in [2.05, 4.69) is 119 Å². The third kappa shape index (κ3) is 2.39. The highest BCUT2D eigenvalue weighted by Crippen LogP contribution is 2.67. The quantitative estimate of drug-likeness (QED) is 0.467. The first-order valence-electron chi connectivity index (χ1n) is 14.8. The molecule has 39 heavy (non-hydrogen) atoms. The van der Waals surface area contributed by atoms with Gasteiger partial charge in [-0.3, -0.25) is 14.7 Å². The van der Waals surface area contributed by atoms with Crippen LogP contribution < -0.4 is 16.0 Å². The van der Waals surface area contributed by atoms with Gasteiger partial charge in [-0.1, -0.05) is 54.6 Å². The van der Waals surface area contributed by atoms with Crippen LogP contribution in [0.15, 0.2) is 66.7 Å². The molecule has 0 aliphatic carbocycles. The number of likely N-dealkylation sites (tertiary alicyclic amines) is 3. The smallest absolute Gasteiger partial charge is 0.0933 e. The molecule has 0 amide bonds. The average Bonchev–Trinajstić information content (AvgIpc) is 3.76. The van der Waals surface area contributed by atoms with Gasteiger partial charge in [-0.2, -0.15) is 0 Å². The van der Waals surface area contributed by atoms with Crippen LogP contribution in [-0.4, -0.2) is 74.0 Å². The lowest BCUT2D eigenvalue weighted by Crippen LogP contribution is -2.60. The largest absolute Gasteiger partial charge is 0.369 e. The van der Waals surface area contributed by atoms with Crippen LogP contribution in [-0.2, 0) is 16.2 Å². The lowest BCUT2D eigenvalue weighted by molar-refractivity contribution is 0.147. The van der Waals surface area contributed by atoms with Crippen molar-refractivity contribution in [2.45, 2.75) is 54.0 Å². The van der Waals surface area contributed by atoms with Crippen molar-refractivity contribution < 1.29 is 0 Å². The zero-order valence-electron chi connectivity index (χ0n) is 23.2. The van der Waals surface area contributed by atoms with Gasteiger partial charge in [-0.25, -0.2) is 0 Å². The Balaban J connectivity index is 1.31. The van der Waals surface area contributed by atoms with E-state index in [0.717, 1.165) is 26.1 Å². The van der Waals surface area contributed by atoms with E-state index in [1.54, 1.807) is 5.56 Å². The van der Waals surface area contributed by atoms with E-state index in [-0.39, 0.29) is 28.6 Å². The summed E-state index contributed by atoms with van der Waals surface area (Å²) in [6, 6.07) is 25.5. The molecule has 6 heteroatoms. The number of para-hydroxylation sites is 3. The molecule has 200 valence electrons. The van der Waals surface area contributed by atoms with Gasteiger partial charge in [0.2, 0.25) is 0 Å². The third-order valence-corrected chi connectivity index (χ3v) is 11.8. The highest BCUT2D eigenvalue weighted by atomic mass is 15.4. The third-order valence-electron chi connectivity index (χ3n) is 11.8. The van der Waals surface area contributed by atoms with Gasteiger partial charge < -0.3 is 16.0 Å². The number of benzene rings is 3. The van der Waals surface area contributed by atoms with E-state index >= 15 is 0 Å². The predicted octanol–water partition coefficient (Wildman–Crippen LogP) is 4.41. The maximum atomic E-state index is 4.25. The Bertz CT molecular complexity index is 1520. The molecule has 6 heterocycles. The predicted molar refractivity (Wildman–Crippen MR) is 157 cm³/mol. The number of rotatable bonds is 2. The van der Waals surface area contributed by atoms with Crippen LogP contribution >= 0.6 is 0 Å². The van der Waals surface area contributed by atoms with Crippen molar-refractivity contribution in [3.63, 3.8) is 0 Å². The standard InChI is InChI=1S/C33H38N6/c1-37-18-15-31(21-9-4-6-13-25(21)34-28(31)37)23-11-8-12-24-27(23)36-30-33(24,17-20-39(30)3)32-16-19-38(2)29(32)35-26-14-7-5-10-22(26)32/h4-14,28-30,34-36H,15-20H2,1-3H3/t28-,29-,30+,31+,32+,33-/m1/s1. The molecule has 0 aromatic heterocycles. The van der Waals surface area contributed by atoms with Crippen molar-refractivity contribution in [3.05, 3.63) is 89.0 Å². The molecule has 3 saturated heterocycles. The Kier molecular flexibility index (Phi) is 4.29. The molecule has 6 nitrogen and oxygen atoms in total. The van der Waals surface area contributed by atoms with Gasteiger partial charge in [0.05, 0.1) is 23.9 Å². The zero-order chi connectivity index (χ0) is 26.1. The van der Waals surface area contributed by atoms with Crippen LogP contribution in [0.1, 0.15) is 41.5 Å². The molecule has 6 atom stereocenters. The van der Waals surface area contributed by atoms with Gasteiger partial charge in [0.25, 0.3) is 0 Å².